The van der Waals surface area contributed by atoms with Crippen LogP contribution < -0.4 is 9.47 Å². The largest absolute Gasteiger partial charge is 0.494 e. The van der Waals surface area contributed by atoms with E-state index in [1.807, 2.05) is 68.4 Å². The van der Waals surface area contributed by atoms with Crippen LogP contribution in [0, 0.1) is 6.92 Å². The van der Waals surface area contributed by atoms with Crippen LogP contribution in [-0.4, -0.2) is 12.4 Å². The lowest BCUT2D eigenvalue weighted by Crippen LogP contribution is -1.95. The number of carbonyl (C=O) groups is 1. The Hall–Kier alpha value is -3.27. The van der Waals surface area contributed by atoms with E-state index in [0.29, 0.717) is 30.3 Å². The Labute approximate surface area is 159 Å². The molecule has 27 heavy (non-hydrogen) atoms. The maximum Gasteiger partial charge on any atom is 0.185 e. The van der Waals surface area contributed by atoms with E-state index < -0.39 is 0 Å². The molecule has 0 fully saturated rings. The monoisotopic (exact) mass is 362 g/mol. The van der Waals surface area contributed by atoms with E-state index in [1.54, 1.807) is 12.1 Å². The number of benzene rings is 2. The van der Waals surface area contributed by atoms with Crippen molar-refractivity contribution in [1.82, 2.24) is 0 Å². The highest BCUT2D eigenvalue weighted by atomic mass is 16.5. The summed E-state index contributed by atoms with van der Waals surface area (Å²) in [4.78, 5) is 12.2. The molecule has 0 N–H and O–H groups in total. The number of ketones is 1. The molecular formula is C23H22O4. The van der Waals surface area contributed by atoms with Gasteiger partial charge in [0.25, 0.3) is 0 Å². The van der Waals surface area contributed by atoms with E-state index in [4.69, 9.17) is 13.9 Å². The van der Waals surface area contributed by atoms with Crippen LogP contribution in [-0.2, 0) is 6.61 Å². The number of aryl methyl sites for hydroxylation is 1. The first-order valence-corrected chi connectivity index (χ1v) is 8.87. The minimum Gasteiger partial charge on any atom is -0.494 e. The average Bonchev–Trinajstić information content (AvgIpc) is 3.14. The molecule has 2 aromatic carbocycles. The summed E-state index contributed by atoms with van der Waals surface area (Å²) < 4.78 is 16.8. The minimum atomic E-state index is -0.0534. The molecule has 0 bridgehead atoms. The summed E-state index contributed by atoms with van der Waals surface area (Å²) in [6, 6.07) is 18.6. The maximum atomic E-state index is 12.2. The molecule has 3 aromatic rings. The second kappa shape index (κ2) is 8.90. The molecular weight excluding hydrogens is 340 g/mol. The van der Waals surface area contributed by atoms with Crippen molar-refractivity contribution in [2.45, 2.75) is 20.5 Å². The van der Waals surface area contributed by atoms with Crippen molar-refractivity contribution in [2.75, 3.05) is 6.61 Å². The number of rotatable bonds is 8. The lowest BCUT2D eigenvalue weighted by molar-refractivity contribution is 0.104. The summed E-state index contributed by atoms with van der Waals surface area (Å²) >= 11 is 0. The zero-order chi connectivity index (χ0) is 19.1. The van der Waals surface area contributed by atoms with Gasteiger partial charge in [-0.15, -0.1) is 0 Å². The van der Waals surface area contributed by atoms with E-state index in [-0.39, 0.29) is 5.78 Å². The Morgan fingerprint density at radius 1 is 1.00 bits per heavy atom. The molecule has 0 saturated carbocycles. The van der Waals surface area contributed by atoms with Crippen LogP contribution in [0.15, 0.2) is 71.2 Å². The van der Waals surface area contributed by atoms with Gasteiger partial charge in [-0.25, -0.2) is 0 Å². The third kappa shape index (κ3) is 5.35. The van der Waals surface area contributed by atoms with E-state index in [9.17, 15) is 4.79 Å². The van der Waals surface area contributed by atoms with Gasteiger partial charge in [0.05, 0.1) is 6.61 Å². The maximum absolute atomic E-state index is 12.2. The SMILES string of the molecule is CCOc1ccc(OCc2ccc(/C=C/C(=O)c3cccc(C)c3)o2)cc1. The lowest BCUT2D eigenvalue weighted by Gasteiger charge is -2.06. The Kier molecular flexibility index (Phi) is 6.10. The topological polar surface area (TPSA) is 48.7 Å². The van der Waals surface area contributed by atoms with Crippen LogP contribution >= 0.6 is 0 Å². The van der Waals surface area contributed by atoms with Gasteiger partial charge in [-0.3, -0.25) is 4.79 Å². The summed E-state index contributed by atoms with van der Waals surface area (Å²) in [5.74, 6) is 2.80. The van der Waals surface area contributed by atoms with E-state index in [2.05, 4.69) is 0 Å². The van der Waals surface area contributed by atoms with Gasteiger partial charge < -0.3 is 13.9 Å². The van der Waals surface area contributed by atoms with Crippen molar-refractivity contribution in [3.63, 3.8) is 0 Å². The molecule has 1 aromatic heterocycles. The van der Waals surface area contributed by atoms with Crippen molar-refractivity contribution in [3.05, 3.63) is 89.4 Å². The molecule has 0 saturated heterocycles. The zero-order valence-corrected chi connectivity index (χ0v) is 15.5. The fourth-order valence-electron chi connectivity index (χ4n) is 2.57. The molecule has 0 aliphatic heterocycles. The first-order chi connectivity index (χ1) is 13.1. The number of allylic oxidation sites excluding steroid dienone is 1. The van der Waals surface area contributed by atoms with Crippen LogP contribution in [0.3, 0.4) is 0 Å². The van der Waals surface area contributed by atoms with Crippen molar-refractivity contribution in [2.24, 2.45) is 0 Å². The van der Waals surface area contributed by atoms with E-state index in [1.165, 1.54) is 6.08 Å². The summed E-state index contributed by atoms with van der Waals surface area (Å²) in [6.45, 7) is 4.86. The molecule has 0 radical (unpaired) electrons. The van der Waals surface area contributed by atoms with Crippen LogP contribution in [0.5, 0.6) is 11.5 Å². The fraction of sp³-hybridized carbons (Fsp3) is 0.174. The van der Waals surface area contributed by atoms with Crippen molar-refractivity contribution in [1.29, 1.82) is 0 Å². The zero-order valence-electron chi connectivity index (χ0n) is 15.5. The van der Waals surface area contributed by atoms with Gasteiger partial charge in [0.2, 0.25) is 0 Å². The highest BCUT2D eigenvalue weighted by Crippen LogP contribution is 2.19. The molecule has 0 spiro atoms. The summed E-state index contributed by atoms with van der Waals surface area (Å²) in [7, 11) is 0. The molecule has 1 heterocycles. The Morgan fingerprint density at radius 3 is 2.44 bits per heavy atom. The summed E-state index contributed by atoms with van der Waals surface area (Å²) in [6.07, 6.45) is 3.19. The number of hydrogen-bond donors (Lipinski definition) is 0. The highest BCUT2D eigenvalue weighted by Gasteiger charge is 2.04. The number of furan rings is 1. The van der Waals surface area contributed by atoms with Crippen LogP contribution in [0.1, 0.15) is 34.4 Å². The Balaban J connectivity index is 1.55. The van der Waals surface area contributed by atoms with Crippen LogP contribution in [0.4, 0.5) is 0 Å². The highest BCUT2D eigenvalue weighted by molar-refractivity contribution is 6.06. The Morgan fingerprint density at radius 2 is 1.74 bits per heavy atom. The van der Waals surface area contributed by atoms with Crippen molar-refractivity contribution < 1.29 is 18.7 Å². The van der Waals surface area contributed by atoms with Gasteiger partial charge >= 0.3 is 0 Å². The smallest absolute Gasteiger partial charge is 0.185 e. The predicted octanol–water partition coefficient (Wildman–Crippen LogP) is 5.46. The first-order valence-electron chi connectivity index (χ1n) is 8.87. The molecule has 4 heteroatoms. The molecule has 3 rings (SSSR count). The van der Waals surface area contributed by atoms with E-state index >= 15 is 0 Å². The summed E-state index contributed by atoms with van der Waals surface area (Å²) in [5, 5.41) is 0. The van der Waals surface area contributed by atoms with Crippen molar-refractivity contribution >= 4 is 11.9 Å². The number of hydrogen-bond acceptors (Lipinski definition) is 4. The van der Waals surface area contributed by atoms with Gasteiger partial charge in [0.15, 0.2) is 5.78 Å². The Bertz CT molecular complexity index is 920. The lowest BCUT2D eigenvalue weighted by atomic mass is 10.1. The second-order valence-electron chi connectivity index (χ2n) is 6.06. The second-order valence-corrected chi connectivity index (χ2v) is 6.06. The average molecular weight is 362 g/mol. The van der Waals surface area contributed by atoms with Gasteiger partial charge in [-0.05, 0) is 68.5 Å². The van der Waals surface area contributed by atoms with Gasteiger partial charge in [0.1, 0.15) is 29.6 Å². The first kappa shape index (κ1) is 18.5. The molecule has 0 atom stereocenters. The summed E-state index contributed by atoms with van der Waals surface area (Å²) in [5.41, 5.74) is 1.72. The number of carbonyl (C=O) groups excluding carboxylic acids is 1. The van der Waals surface area contributed by atoms with Gasteiger partial charge in [-0.1, -0.05) is 23.8 Å². The normalized spacial score (nSPS) is 10.9. The molecule has 0 amide bonds. The van der Waals surface area contributed by atoms with E-state index in [0.717, 1.165) is 17.1 Å². The van der Waals surface area contributed by atoms with Gasteiger partial charge in [0, 0.05) is 5.56 Å². The molecule has 0 aliphatic rings. The van der Waals surface area contributed by atoms with Gasteiger partial charge in [-0.2, -0.15) is 0 Å². The third-order valence-electron chi connectivity index (χ3n) is 3.90. The quantitative estimate of drug-likeness (QED) is 0.394. The standard InChI is InChI=1S/C23H22O4/c1-3-25-19-7-9-20(10-8-19)26-16-22-12-11-21(27-22)13-14-23(24)18-6-4-5-17(2)15-18/h4-15H,3,16H2,1-2H3/b14-13+. The molecule has 138 valence electrons. The molecule has 4 nitrogen and oxygen atoms in total. The fourth-order valence-corrected chi connectivity index (χ4v) is 2.57. The predicted molar refractivity (Wildman–Crippen MR) is 105 cm³/mol. The molecule has 0 unspecified atom stereocenters. The minimum absolute atomic E-state index is 0.0534. The van der Waals surface area contributed by atoms with Crippen LogP contribution in [0.25, 0.3) is 6.08 Å². The number of ether oxygens (including phenoxy) is 2. The van der Waals surface area contributed by atoms with Crippen LogP contribution in [0.2, 0.25) is 0 Å². The third-order valence-corrected chi connectivity index (χ3v) is 3.90. The van der Waals surface area contributed by atoms with Crippen molar-refractivity contribution in [3.8, 4) is 11.5 Å². The molecule has 0 aliphatic carbocycles.